The molecule has 0 saturated carbocycles. The second kappa shape index (κ2) is 7.90. The van der Waals surface area contributed by atoms with Crippen molar-refractivity contribution in [3.63, 3.8) is 0 Å². The highest BCUT2D eigenvalue weighted by molar-refractivity contribution is 7.92. The Balaban J connectivity index is 1.58. The van der Waals surface area contributed by atoms with E-state index in [1.807, 2.05) is 0 Å². The first-order valence-electron chi connectivity index (χ1n) is 8.79. The standard InChI is InChI=1S/C18H24N4O3S/c1-13-18(14(2)25-21-13)26(23,24)22-16-8-9-17(20-12-16)19-11-10-15-6-4-3-5-7-15/h6,8-9,12,22H,3-5,7,10-11H2,1-2H3,(H,19,20). The van der Waals surface area contributed by atoms with E-state index in [2.05, 4.69) is 26.3 Å². The van der Waals surface area contributed by atoms with Gasteiger partial charge in [-0.15, -0.1) is 0 Å². The summed E-state index contributed by atoms with van der Waals surface area (Å²) in [5, 5.41) is 6.96. The number of hydrogen-bond donors (Lipinski definition) is 2. The molecule has 2 aromatic heterocycles. The summed E-state index contributed by atoms with van der Waals surface area (Å²) < 4.78 is 32.4. The van der Waals surface area contributed by atoms with E-state index >= 15 is 0 Å². The first-order chi connectivity index (χ1) is 12.5. The van der Waals surface area contributed by atoms with E-state index in [0.29, 0.717) is 11.4 Å². The van der Waals surface area contributed by atoms with Crippen molar-refractivity contribution in [3.8, 4) is 0 Å². The maximum absolute atomic E-state index is 12.5. The molecule has 0 saturated heterocycles. The lowest BCUT2D eigenvalue weighted by molar-refractivity contribution is 0.390. The van der Waals surface area contributed by atoms with Gasteiger partial charge in [0.1, 0.15) is 11.5 Å². The normalized spacial score (nSPS) is 14.8. The van der Waals surface area contributed by atoms with E-state index in [-0.39, 0.29) is 10.7 Å². The lowest BCUT2D eigenvalue weighted by Gasteiger charge is -2.13. The Morgan fingerprint density at radius 1 is 1.23 bits per heavy atom. The fourth-order valence-corrected chi connectivity index (χ4v) is 4.48. The number of rotatable bonds is 7. The predicted molar refractivity (Wildman–Crippen MR) is 101 cm³/mol. The van der Waals surface area contributed by atoms with Gasteiger partial charge in [-0.05, 0) is 58.1 Å². The molecular weight excluding hydrogens is 352 g/mol. The Bertz CT molecular complexity index is 866. The second-order valence-electron chi connectivity index (χ2n) is 6.48. The Hall–Kier alpha value is -2.35. The molecule has 140 valence electrons. The van der Waals surface area contributed by atoms with Gasteiger partial charge in [-0.25, -0.2) is 13.4 Å². The Morgan fingerprint density at radius 3 is 2.69 bits per heavy atom. The number of sulfonamides is 1. The van der Waals surface area contributed by atoms with Gasteiger partial charge in [0.15, 0.2) is 10.7 Å². The largest absolute Gasteiger partial charge is 0.370 e. The first kappa shape index (κ1) is 18.4. The maximum atomic E-state index is 12.5. The molecule has 0 amide bonds. The molecule has 2 heterocycles. The molecule has 0 unspecified atom stereocenters. The number of allylic oxidation sites excluding steroid dienone is 1. The number of aromatic nitrogens is 2. The topological polar surface area (TPSA) is 97.1 Å². The highest BCUT2D eigenvalue weighted by Gasteiger charge is 2.24. The minimum Gasteiger partial charge on any atom is -0.370 e. The lowest BCUT2D eigenvalue weighted by atomic mass is 9.97. The zero-order valence-electron chi connectivity index (χ0n) is 15.1. The Morgan fingerprint density at radius 2 is 2.08 bits per heavy atom. The summed E-state index contributed by atoms with van der Waals surface area (Å²) >= 11 is 0. The van der Waals surface area contributed by atoms with Crippen LogP contribution < -0.4 is 10.0 Å². The van der Waals surface area contributed by atoms with Crippen molar-refractivity contribution >= 4 is 21.5 Å². The summed E-state index contributed by atoms with van der Waals surface area (Å²) in [6, 6.07) is 3.45. The molecule has 0 aliphatic heterocycles. The summed E-state index contributed by atoms with van der Waals surface area (Å²) in [5.74, 6) is 0.986. The second-order valence-corrected chi connectivity index (χ2v) is 8.10. The molecule has 7 nitrogen and oxygen atoms in total. The predicted octanol–water partition coefficient (Wildman–Crippen LogP) is 3.79. The summed E-state index contributed by atoms with van der Waals surface area (Å²) in [6.07, 6.45) is 9.81. The van der Waals surface area contributed by atoms with Crippen LogP contribution in [0.2, 0.25) is 0 Å². The van der Waals surface area contributed by atoms with Crippen molar-refractivity contribution < 1.29 is 12.9 Å². The van der Waals surface area contributed by atoms with Crippen molar-refractivity contribution in [2.75, 3.05) is 16.6 Å². The van der Waals surface area contributed by atoms with Crippen molar-refractivity contribution in [2.45, 2.75) is 50.8 Å². The van der Waals surface area contributed by atoms with Crippen molar-refractivity contribution in [3.05, 3.63) is 41.4 Å². The van der Waals surface area contributed by atoms with Crippen molar-refractivity contribution in [1.29, 1.82) is 0 Å². The van der Waals surface area contributed by atoms with Gasteiger partial charge in [0.2, 0.25) is 0 Å². The Kier molecular flexibility index (Phi) is 5.61. The van der Waals surface area contributed by atoms with Crippen LogP contribution in [0, 0.1) is 13.8 Å². The van der Waals surface area contributed by atoms with Gasteiger partial charge in [0.05, 0.1) is 11.9 Å². The summed E-state index contributed by atoms with van der Waals surface area (Å²) in [6.45, 7) is 3.99. The minimum absolute atomic E-state index is 0.0699. The fraction of sp³-hybridized carbons (Fsp3) is 0.444. The van der Waals surface area contributed by atoms with E-state index < -0.39 is 10.0 Å². The van der Waals surface area contributed by atoms with Crippen molar-refractivity contribution in [1.82, 2.24) is 10.1 Å². The average Bonchev–Trinajstić information content (AvgIpc) is 2.96. The number of hydrogen-bond acceptors (Lipinski definition) is 6. The molecule has 26 heavy (non-hydrogen) atoms. The molecule has 0 atom stereocenters. The van der Waals surface area contributed by atoms with Crippen LogP contribution in [0.1, 0.15) is 43.6 Å². The van der Waals surface area contributed by atoms with Gasteiger partial charge < -0.3 is 9.84 Å². The van der Waals surface area contributed by atoms with Crippen LogP contribution in [0.5, 0.6) is 0 Å². The number of anilines is 2. The van der Waals surface area contributed by atoms with Gasteiger partial charge in [-0.1, -0.05) is 16.8 Å². The van der Waals surface area contributed by atoms with Crippen LogP contribution in [0.4, 0.5) is 11.5 Å². The maximum Gasteiger partial charge on any atom is 0.267 e. The molecule has 3 rings (SSSR count). The number of nitrogens with zero attached hydrogens (tertiary/aromatic N) is 2. The highest BCUT2D eigenvalue weighted by atomic mass is 32.2. The van der Waals surface area contributed by atoms with Gasteiger partial charge in [0, 0.05) is 6.54 Å². The molecule has 0 fully saturated rings. The summed E-state index contributed by atoms with van der Waals surface area (Å²) in [7, 11) is -3.75. The quantitative estimate of drug-likeness (QED) is 0.714. The van der Waals surface area contributed by atoms with Crippen LogP contribution in [0.3, 0.4) is 0 Å². The van der Waals surface area contributed by atoms with Crippen molar-refractivity contribution in [2.24, 2.45) is 0 Å². The molecule has 0 spiro atoms. The molecule has 1 aliphatic carbocycles. The van der Waals surface area contributed by atoms with Crippen LogP contribution in [-0.4, -0.2) is 25.1 Å². The first-order valence-corrected chi connectivity index (χ1v) is 10.3. The molecule has 1 aliphatic rings. The SMILES string of the molecule is Cc1noc(C)c1S(=O)(=O)Nc1ccc(NCCC2=CCCCC2)nc1. The smallest absolute Gasteiger partial charge is 0.267 e. The van der Waals surface area contributed by atoms with Gasteiger partial charge >= 0.3 is 0 Å². The third-order valence-electron chi connectivity index (χ3n) is 4.39. The van der Waals surface area contributed by atoms with E-state index in [1.54, 1.807) is 26.0 Å². The van der Waals surface area contributed by atoms with Gasteiger partial charge in [0.25, 0.3) is 10.0 Å². The molecule has 2 N–H and O–H groups in total. The van der Waals surface area contributed by atoms with Crippen LogP contribution in [-0.2, 0) is 10.0 Å². The minimum atomic E-state index is -3.75. The Labute approximate surface area is 153 Å². The van der Waals surface area contributed by atoms with Gasteiger partial charge in [-0.2, -0.15) is 0 Å². The number of aryl methyl sites for hydroxylation is 2. The molecular formula is C18H24N4O3S. The zero-order valence-corrected chi connectivity index (χ0v) is 15.9. The molecule has 2 aromatic rings. The lowest BCUT2D eigenvalue weighted by Crippen LogP contribution is -2.14. The fourth-order valence-electron chi connectivity index (χ4n) is 3.11. The van der Waals surface area contributed by atoms with Crippen LogP contribution in [0.25, 0.3) is 0 Å². The number of pyridine rings is 1. The van der Waals surface area contributed by atoms with Gasteiger partial charge in [-0.3, -0.25) is 4.72 Å². The average molecular weight is 376 g/mol. The molecule has 0 bridgehead atoms. The highest BCUT2D eigenvalue weighted by Crippen LogP contribution is 2.23. The van der Waals surface area contributed by atoms with E-state index in [9.17, 15) is 8.42 Å². The summed E-state index contributed by atoms with van der Waals surface area (Å²) in [4.78, 5) is 4.34. The molecule has 0 radical (unpaired) electrons. The number of nitrogens with one attached hydrogen (secondary N) is 2. The molecule has 8 heteroatoms. The van der Waals surface area contributed by atoms with Crippen LogP contribution in [0.15, 0.2) is 39.4 Å². The third-order valence-corrected chi connectivity index (χ3v) is 6.01. The molecule has 0 aromatic carbocycles. The summed E-state index contributed by atoms with van der Waals surface area (Å²) in [5.41, 5.74) is 2.23. The monoisotopic (exact) mass is 376 g/mol. The van der Waals surface area contributed by atoms with E-state index in [4.69, 9.17) is 4.52 Å². The van der Waals surface area contributed by atoms with Crippen LogP contribution >= 0.6 is 0 Å². The van der Waals surface area contributed by atoms with E-state index in [1.165, 1.54) is 37.5 Å². The van der Waals surface area contributed by atoms with E-state index in [0.717, 1.165) is 18.8 Å². The zero-order chi connectivity index (χ0) is 18.6. The third kappa shape index (κ3) is 4.43.